The van der Waals surface area contributed by atoms with Gasteiger partial charge in [0.2, 0.25) is 0 Å². The highest BCUT2D eigenvalue weighted by Crippen LogP contribution is 2.26. The lowest BCUT2D eigenvalue weighted by molar-refractivity contribution is -0.930. The average Bonchev–Trinajstić information content (AvgIpc) is 2.93. The van der Waals surface area contributed by atoms with E-state index in [1.807, 2.05) is 36.4 Å². The predicted molar refractivity (Wildman–Crippen MR) is 146 cm³/mol. The Labute approximate surface area is 219 Å². The van der Waals surface area contributed by atoms with E-state index in [2.05, 4.69) is 24.3 Å². The Morgan fingerprint density at radius 3 is 1.73 bits per heavy atom. The summed E-state index contributed by atoms with van der Waals surface area (Å²) in [6, 6.07) is 35.4. The molecule has 0 spiro atoms. The number of nitrogens with zero attached hydrogens (tertiary/aromatic N) is 1. The van der Waals surface area contributed by atoms with Gasteiger partial charge in [0.05, 0.1) is 24.2 Å². The van der Waals surface area contributed by atoms with Gasteiger partial charge in [0, 0.05) is 11.1 Å². The zero-order valence-corrected chi connectivity index (χ0v) is 21.7. The molecule has 0 unspecified atom stereocenters. The summed E-state index contributed by atoms with van der Waals surface area (Å²) in [5.41, 5.74) is 2.78. The predicted octanol–water partition coefficient (Wildman–Crippen LogP) is 3.54. The summed E-state index contributed by atoms with van der Waals surface area (Å²) in [4.78, 5) is 1.31. The van der Waals surface area contributed by atoms with Crippen LogP contribution in [-0.4, -0.2) is 39.8 Å². The van der Waals surface area contributed by atoms with Crippen molar-refractivity contribution in [2.24, 2.45) is 0 Å². The number of nitrogens with one attached hydrogen (secondary N) is 1. The van der Waals surface area contributed by atoms with Crippen LogP contribution in [-0.2, 0) is 23.1 Å². The maximum absolute atomic E-state index is 13.7. The summed E-state index contributed by atoms with van der Waals surface area (Å²) in [6.07, 6.45) is -0.900. The van der Waals surface area contributed by atoms with Gasteiger partial charge in [-0.15, -0.1) is 0 Å². The van der Waals surface area contributed by atoms with Crippen LogP contribution in [0.1, 0.15) is 11.1 Å². The Balaban J connectivity index is 1.59. The third-order valence-electron chi connectivity index (χ3n) is 6.19. The highest BCUT2D eigenvalue weighted by Gasteiger charge is 2.29. The van der Waals surface area contributed by atoms with Crippen molar-refractivity contribution in [2.45, 2.75) is 24.1 Å². The number of hydrogen-bond donors (Lipinski definition) is 2. The first-order valence-electron chi connectivity index (χ1n) is 12.3. The lowest BCUT2D eigenvalue weighted by atomic mass is 10.1. The highest BCUT2D eigenvalue weighted by atomic mass is 32.2. The fourth-order valence-electron chi connectivity index (χ4n) is 4.38. The van der Waals surface area contributed by atoms with Gasteiger partial charge in [-0.3, -0.25) is 4.31 Å². The van der Waals surface area contributed by atoms with E-state index < -0.39 is 16.1 Å². The molecule has 6 nitrogen and oxygen atoms in total. The van der Waals surface area contributed by atoms with Gasteiger partial charge in [-0.05, 0) is 36.4 Å². The Bertz CT molecular complexity index is 1290. The maximum Gasteiger partial charge on any atom is 0.264 e. The smallest absolute Gasteiger partial charge is 0.264 e. The van der Waals surface area contributed by atoms with Crippen molar-refractivity contribution >= 4 is 15.7 Å². The van der Waals surface area contributed by atoms with E-state index in [1.165, 1.54) is 4.31 Å². The minimum Gasteiger partial charge on any atom is -0.497 e. The van der Waals surface area contributed by atoms with Gasteiger partial charge in [-0.2, -0.15) is 0 Å². The summed E-state index contributed by atoms with van der Waals surface area (Å²) in [6.45, 7) is 1.72. The highest BCUT2D eigenvalue weighted by molar-refractivity contribution is 7.92. The molecule has 0 aliphatic carbocycles. The summed E-state index contributed by atoms with van der Waals surface area (Å²) in [5, 5.41) is 11.3. The van der Waals surface area contributed by atoms with Crippen LogP contribution in [0.25, 0.3) is 0 Å². The zero-order valence-electron chi connectivity index (χ0n) is 20.9. The molecule has 2 N–H and O–H groups in total. The van der Waals surface area contributed by atoms with E-state index in [0.29, 0.717) is 31.1 Å². The van der Waals surface area contributed by atoms with E-state index in [0.717, 1.165) is 16.0 Å². The Hall–Kier alpha value is -3.65. The maximum atomic E-state index is 13.7. The number of methoxy groups -OCH3 is 1. The third-order valence-corrected chi connectivity index (χ3v) is 7.99. The molecule has 7 heteroatoms. The van der Waals surface area contributed by atoms with Crippen LogP contribution in [0.3, 0.4) is 0 Å². The number of aliphatic hydroxyl groups excluding tert-OH is 1. The van der Waals surface area contributed by atoms with Crippen molar-refractivity contribution in [1.82, 2.24) is 0 Å². The number of hydrogen-bond acceptors (Lipinski definition) is 4. The second-order valence-corrected chi connectivity index (χ2v) is 10.8. The normalized spacial score (nSPS) is 12.3. The molecule has 0 fully saturated rings. The number of anilines is 1. The van der Waals surface area contributed by atoms with E-state index in [-0.39, 0.29) is 11.4 Å². The molecule has 0 bridgehead atoms. The number of aliphatic hydroxyl groups is 1. The summed E-state index contributed by atoms with van der Waals surface area (Å²) in [5.74, 6) is 0.627. The van der Waals surface area contributed by atoms with Crippen LogP contribution < -0.4 is 13.9 Å². The second-order valence-electron chi connectivity index (χ2n) is 8.98. The zero-order chi connectivity index (χ0) is 26.1. The molecule has 0 aliphatic heterocycles. The average molecular weight is 518 g/mol. The number of quaternary nitrogens is 1. The van der Waals surface area contributed by atoms with Crippen molar-refractivity contribution in [3.8, 4) is 5.75 Å². The van der Waals surface area contributed by atoms with Crippen molar-refractivity contribution in [1.29, 1.82) is 0 Å². The monoisotopic (exact) mass is 517 g/mol. The second kappa shape index (κ2) is 12.5. The van der Waals surface area contributed by atoms with Crippen LogP contribution in [0.2, 0.25) is 0 Å². The fourth-order valence-corrected chi connectivity index (χ4v) is 5.90. The molecule has 0 saturated carbocycles. The molecular weight excluding hydrogens is 484 g/mol. The topological polar surface area (TPSA) is 71.3 Å². The Morgan fingerprint density at radius 2 is 1.24 bits per heavy atom. The lowest BCUT2D eigenvalue weighted by Crippen LogP contribution is -3.10. The SMILES string of the molecule is COc1ccc(N(C[C@H](O)C[NH+](Cc2ccccc2)Cc2ccccc2)S(=O)(=O)c2ccccc2)cc1. The first kappa shape index (κ1) is 26.4. The molecule has 192 valence electrons. The van der Waals surface area contributed by atoms with Crippen LogP contribution in [0.5, 0.6) is 5.75 Å². The standard InChI is InChI=1S/C30H32N2O4S/c1-36-29-19-17-27(18-20-29)32(37(34,35)30-15-9-4-10-16-30)24-28(33)23-31(21-25-11-5-2-6-12-25)22-26-13-7-3-8-14-26/h2-20,28,33H,21-24H2,1H3/p+1/t28-/m1/s1. The van der Waals surface area contributed by atoms with Gasteiger partial charge in [-0.1, -0.05) is 78.9 Å². The number of ether oxygens (including phenoxy) is 1. The van der Waals surface area contributed by atoms with Gasteiger partial charge in [0.1, 0.15) is 31.5 Å². The largest absolute Gasteiger partial charge is 0.497 e. The minimum absolute atomic E-state index is 0.0728. The van der Waals surface area contributed by atoms with Crippen LogP contribution in [0.4, 0.5) is 5.69 Å². The number of sulfonamides is 1. The van der Waals surface area contributed by atoms with Gasteiger partial charge in [0.25, 0.3) is 10.0 Å². The van der Waals surface area contributed by atoms with Crippen molar-refractivity contribution in [2.75, 3.05) is 24.5 Å². The molecule has 4 aromatic rings. The summed E-state index contributed by atoms with van der Waals surface area (Å²) < 4.78 is 33.9. The van der Waals surface area contributed by atoms with Crippen LogP contribution in [0.15, 0.2) is 120 Å². The van der Waals surface area contributed by atoms with Crippen molar-refractivity contribution in [3.05, 3.63) is 126 Å². The van der Waals surface area contributed by atoms with Gasteiger partial charge in [-0.25, -0.2) is 8.42 Å². The fraction of sp³-hybridized carbons (Fsp3) is 0.200. The van der Waals surface area contributed by atoms with Gasteiger partial charge in [0.15, 0.2) is 0 Å². The van der Waals surface area contributed by atoms with Crippen LogP contribution in [0, 0.1) is 0 Å². The minimum atomic E-state index is -3.90. The van der Waals surface area contributed by atoms with Gasteiger partial charge < -0.3 is 14.7 Å². The number of rotatable bonds is 12. The summed E-state index contributed by atoms with van der Waals surface area (Å²) in [7, 11) is -2.34. The molecule has 0 aliphatic rings. The Kier molecular flexibility index (Phi) is 8.95. The molecule has 4 rings (SSSR count). The quantitative estimate of drug-likeness (QED) is 0.302. The molecular formula is C30H33N2O4S+. The molecule has 0 heterocycles. The molecule has 37 heavy (non-hydrogen) atoms. The van der Waals surface area contributed by atoms with E-state index in [4.69, 9.17) is 4.74 Å². The third kappa shape index (κ3) is 7.20. The first-order valence-corrected chi connectivity index (χ1v) is 13.7. The molecule has 1 atom stereocenters. The van der Waals surface area contributed by atoms with Crippen LogP contribution >= 0.6 is 0 Å². The van der Waals surface area contributed by atoms with Gasteiger partial charge >= 0.3 is 0 Å². The first-order chi connectivity index (χ1) is 18.0. The molecule has 4 aromatic carbocycles. The Morgan fingerprint density at radius 1 is 0.757 bits per heavy atom. The lowest BCUT2D eigenvalue weighted by Gasteiger charge is -2.29. The van der Waals surface area contributed by atoms with Crippen molar-refractivity contribution < 1.29 is 23.2 Å². The number of benzene rings is 4. The van der Waals surface area contributed by atoms with Crippen molar-refractivity contribution in [3.63, 3.8) is 0 Å². The molecule has 0 aromatic heterocycles. The summed E-state index contributed by atoms with van der Waals surface area (Å²) >= 11 is 0. The van der Waals surface area contributed by atoms with E-state index >= 15 is 0 Å². The van der Waals surface area contributed by atoms with E-state index in [9.17, 15) is 13.5 Å². The van der Waals surface area contributed by atoms with E-state index in [1.54, 1.807) is 61.7 Å². The molecule has 0 saturated heterocycles. The molecule has 0 amide bonds. The molecule has 0 radical (unpaired) electrons.